The number of likely N-dealkylation sites (tertiary alicyclic amines) is 1. The summed E-state index contributed by atoms with van der Waals surface area (Å²) in [5.74, 6) is 0.549. The lowest BCUT2D eigenvalue weighted by atomic mass is 9.94. The number of ether oxygens (including phenoxy) is 1. The molecule has 98 valence electrons. The summed E-state index contributed by atoms with van der Waals surface area (Å²) in [4.78, 5) is 14.3. The van der Waals surface area contributed by atoms with E-state index in [0.29, 0.717) is 25.1 Å². The van der Waals surface area contributed by atoms with Crippen LogP contribution < -0.4 is 10.6 Å². The van der Waals surface area contributed by atoms with E-state index in [-0.39, 0.29) is 12.0 Å². The minimum absolute atomic E-state index is 0.0404. The van der Waals surface area contributed by atoms with Gasteiger partial charge in [0.2, 0.25) is 0 Å². The summed E-state index contributed by atoms with van der Waals surface area (Å²) in [6.45, 7) is 6.40. The van der Waals surface area contributed by atoms with Crippen LogP contribution in [0.5, 0.6) is 0 Å². The fourth-order valence-electron chi connectivity index (χ4n) is 2.58. The Hall–Kier alpha value is -0.650. The molecule has 0 spiro atoms. The number of amides is 1. The lowest BCUT2D eigenvalue weighted by molar-refractivity contribution is -0.135. The fourth-order valence-corrected chi connectivity index (χ4v) is 2.58. The van der Waals surface area contributed by atoms with Crippen LogP contribution in [0.25, 0.3) is 0 Å². The van der Waals surface area contributed by atoms with Crippen LogP contribution in [0.15, 0.2) is 0 Å². The first-order valence-corrected chi connectivity index (χ1v) is 6.48. The smallest absolute Gasteiger partial charge is 0.250 e. The summed E-state index contributed by atoms with van der Waals surface area (Å²) in [7, 11) is 2.13. The number of hydrogen-bond donors (Lipinski definition) is 2. The van der Waals surface area contributed by atoms with Crippen LogP contribution in [0.2, 0.25) is 0 Å². The van der Waals surface area contributed by atoms with E-state index in [4.69, 9.17) is 4.74 Å². The van der Waals surface area contributed by atoms with Crippen LogP contribution in [0, 0.1) is 5.92 Å². The van der Waals surface area contributed by atoms with Crippen molar-refractivity contribution in [2.24, 2.45) is 5.92 Å². The lowest BCUT2D eigenvalue weighted by Gasteiger charge is -2.36. The normalized spacial score (nSPS) is 35.5. The van der Waals surface area contributed by atoms with E-state index in [9.17, 15) is 4.79 Å². The van der Waals surface area contributed by atoms with Crippen molar-refractivity contribution in [1.29, 1.82) is 0 Å². The Kier molecular flexibility index (Phi) is 4.36. The third-order valence-corrected chi connectivity index (χ3v) is 3.66. The predicted octanol–water partition coefficient (Wildman–Crippen LogP) is -0.569. The number of carbonyl (C=O) groups is 1. The van der Waals surface area contributed by atoms with Gasteiger partial charge in [-0.3, -0.25) is 4.79 Å². The zero-order valence-corrected chi connectivity index (χ0v) is 10.7. The topological polar surface area (TPSA) is 53.6 Å². The van der Waals surface area contributed by atoms with Crippen LogP contribution in [-0.4, -0.2) is 62.8 Å². The Morgan fingerprint density at radius 2 is 2.35 bits per heavy atom. The average molecular weight is 241 g/mol. The highest BCUT2D eigenvalue weighted by Crippen LogP contribution is 2.15. The van der Waals surface area contributed by atoms with Crippen molar-refractivity contribution in [3.8, 4) is 0 Å². The molecule has 2 fully saturated rings. The maximum absolute atomic E-state index is 12.0. The molecule has 1 amide bonds. The summed E-state index contributed by atoms with van der Waals surface area (Å²) in [5.41, 5.74) is 0. The highest BCUT2D eigenvalue weighted by molar-refractivity contribution is 5.81. The highest BCUT2D eigenvalue weighted by atomic mass is 16.5. The summed E-state index contributed by atoms with van der Waals surface area (Å²) in [6, 6.07) is 0.296. The minimum Gasteiger partial charge on any atom is -0.366 e. The van der Waals surface area contributed by atoms with Gasteiger partial charge in [0, 0.05) is 25.7 Å². The number of piperidine rings is 1. The lowest BCUT2D eigenvalue weighted by Crippen LogP contribution is -2.54. The molecule has 0 aromatic rings. The molecule has 5 heteroatoms. The number of rotatable bonds is 2. The molecule has 0 radical (unpaired) electrons. The van der Waals surface area contributed by atoms with E-state index in [1.165, 1.54) is 0 Å². The Morgan fingerprint density at radius 1 is 1.53 bits per heavy atom. The molecule has 0 saturated carbocycles. The van der Waals surface area contributed by atoms with Gasteiger partial charge in [-0.25, -0.2) is 0 Å². The van der Waals surface area contributed by atoms with Gasteiger partial charge in [0.1, 0.15) is 6.10 Å². The zero-order chi connectivity index (χ0) is 12.3. The molecule has 2 aliphatic heterocycles. The van der Waals surface area contributed by atoms with Crippen molar-refractivity contribution in [2.45, 2.75) is 25.5 Å². The third-order valence-electron chi connectivity index (χ3n) is 3.66. The number of morpholine rings is 1. The van der Waals surface area contributed by atoms with Gasteiger partial charge in [-0.05, 0) is 25.9 Å². The van der Waals surface area contributed by atoms with E-state index in [0.717, 1.165) is 26.1 Å². The van der Waals surface area contributed by atoms with Gasteiger partial charge in [-0.2, -0.15) is 0 Å². The van der Waals surface area contributed by atoms with Crippen molar-refractivity contribution in [1.82, 2.24) is 15.5 Å². The fraction of sp³-hybridized carbons (Fsp3) is 0.917. The van der Waals surface area contributed by atoms with Crippen molar-refractivity contribution in [3.05, 3.63) is 0 Å². The molecule has 2 heterocycles. The summed E-state index contributed by atoms with van der Waals surface area (Å²) < 4.78 is 5.45. The third kappa shape index (κ3) is 3.40. The van der Waals surface area contributed by atoms with Crippen LogP contribution in [0.3, 0.4) is 0 Å². The van der Waals surface area contributed by atoms with Crippen LogP contribution in [-0.2, 0) is 9.53 Å². The van der Waals surface area contributed by atoms with Crippen molar-refractivity contribution < 1.29 is 9.53 Å². The largest absolute Gasteiger partial charge is 0.366 e. The number of nitrogens with one attached hydrogen (secondary N) is 2. The molecule has 0 aromatic carbocycles. The molecule has 17 heavy (non-hydrogen) atoms. The van der Waals surface area contributed by atoms with E-state index in [2.05, 4.69) is 29.5 Å². The molecule has 3 unspecified atom stereocenters. The van der Waals surface area contributed by atoms with E-state index >= 15 is 0 Å². The number of hydrogen-bond acceptors (Lipinski definition) is 4. The SMILES string of the molecule is CC1CN(C)CCC1NC(=O)C1CNCCO1. The second kappa shape index (κ2) is 5.80. The zero-order valence-electron chi connectivity index (χ0n) is 10.7. The first kappa shape index (κ1) is 12.8. The van der Waals surface area contributed by atoms with Gasteiger partial charge in [0.25, 0.3) is 5.91 Å². The van der Waals surface area contributed by atoms with Gasteiger partial charge in [0.15, 0.2) is 0 Å². The van der Waals surface area contributed by atoms with Crippen LogP contribution in [0.4, 0.5) is 0 Å². The molecular weight excluding hydrogens is 218 g/mol. The summed E-state index contributed by atoms with van der Waals surface area (Å²) in [5, 5.41) is 6.31. The second-order valence-corrected chi connectivity index (χ2v) is 5.21. The van der Waals surface area contributed by atoms with Crippen molar-refractivity contribution >= 4 is 5.91 Å². The summed E-state index contributed by atoms with van der Waals surface area (Å²) in [6.07, 6.45) is 0.722. The molecule has 0 bridgehead atoms. The predicted molar refractivity (Wildman–Crippen MR) is 65.8 cm³/mol. The molecule has 0 aliphatic carbocycles. The Bertz CT molecular complexity index is 266. The Balaban J connectivity index is 1.81. The highest BCUT2D eigenvalue weighted by Gasteiger charge is 2.29. The van der Waals surface area contributed by atoms with Gasteiger partial charge < -0.3 is 20.3 Å². The molecule has 2 N–H and O–H groups in total. The average Bonchev–Trinajstić information content (AvgIpc) is 2.34. The van der Waals surface area contributed by atoms with Crippen LogP contribution >= 0.6 is 0 Å². The van der Waals surface area contributed by atoms with Gasteiger partial charge in [0.05, 0.1) is 6.61 Å². The maximum atomic E-state index is 12.0. The van der Waals surface area contributed by atoms with Crippen LogP contribution in [0.1, 0.15) is 13.3 Å². The first-order valence-electron chi connectivity index (χ1n) is 6.48. The number of carbonyl (C=O) groups excluding carboxylic acids is 1. The molecule has 0 aromatic heterocycles. The molecule has 3 atom stereocenters. The van der Waals surface area contributed by atoms with Gasteiger partial charge >= 0.3 is 0 Å². The number of nitrogens with zero attached hydrogens (tertiary/aromatic N) is 1. The minimum atomic E-state index is -0.310. The molecule has 2 aliphatic rings. The quantitative estimate of drug-likeness (QED) is 0.680. The molecule has 2 rings (SSSR count). The standard InChI is InChI=1S/C12H23N3O2/c1-9-8-15(2)5-3-10(9)14-12(16)11-7-13-4-6-17-11/h9-11,13H,3-8H2,1-2H3,(H,14,16). The second-order valence-electron chi connectivity index (χ2n) is 5.21. The van der Waals surface area contributed by atoms with Crippen molar-refractivity contribution in [3.63, 3.8) is 0 Å². The Labute approximate surface area is 103 Å². The molecular formula is C12H23N3O2. The monoisotopic (exact) mass is 241 g/mol. The van der Waals surface area contributed by atoms with Gasteiger partial charge in [-0.1, -0.05) is 6.92 Å². The van der Waals surface area contributed by atoms with E-state index in [1.54, 1.807) is 0 Å². The Morgan fingerprint density at radius 3 is 3.00 bits per heavy atom. The van der Waals surface area contributed by atoms with Crippen molar-refractivity contribution in [2.75, 3.05) is 39.8 Å². The van der Waals surface area contributed by atoms with Gasteiger partial charge in [-0.15, -0.1) is 0 Å². The summed E-state index contributed by atoms with van der Waals surface area (Å²) >= 11 is 0. The van der Waals surface area contributed by atoms with E-state index in [1.807, 2.05) is 0 Å². The first-order chi connectivity index (χ1) is 8.16. The maximum Gasteiger partial charge on any atom is 0.250 e. The molecule has 5 nitrogen and oxygen atoms in total. The van der Waals surface area contributed by atoms with E-state index < -0.39 is 0 Å². The molecule has 2 saturated heterocycles.